The first-order valence-electron chi connectivity index (χ1n) is 12.8. The molecule has 0 saturated heterocycles. The third-order valence-corrected chi connectivity index (χ3v) is 6.34. The predicted molar refractivity (Wildman–Crippen MR) is 148 cm³/mol. The van der Waals surface area contributed by atoms with Gasteiger partial charge in [0.25, 0.3) is 5.91 Å². The molecule has 3 N–H and O–H groups in total. The van der Waals surface area contributed by atoms with Crippen LogP contribution in [-0.2, 0) is 29.0 Å². The third-order valence-electron chi connectivity index (χ3n) is 6.34. The second-order valence-corrected chi connectivity index (χ2v) is 9.32. The maximum atomic E-state index is 13.6. The van der Waals surface area contributed by atoms with Crippen molar-refractivity contribution in [3.8, 4) is 5.75 Å². The number of carbonyl (C=O) groups is 1. The lowest BCUT2D eigenvalue weighted by Crippen LogP contribution is -2.52. The number of hydrazine groups is 1. The van der Waals surface area contributed by atoms with Crippen LogP contribution in [0.5, 0.6) is 5.75 Å². The number of hydrogen-bond donors (Lipinski definition) is 3. The highest BCUT2D eigenvalue weighted by molar-refractivity contribution is 6.00. The summed E-state index contributed by atoms with van der Waals surface area (Å²) in [6.07, 6.45) is 0.808. The van der Waals surface area contributed by atoms with Crippen LogP contribution in [0.3, 0.4) is 0 Å². The van der Waals surface area contributed by atoms with Crippen molar-refractivity contribution in [3.63, 3.8) is 0 Å². The highest BCUT2D eigenvalue weighted by Crippen LogP contribution is 2.29. The van der Waals surface area contributed by atoms with E-state index in [0.29, 0.717) is 36.8 Å². The zero-order valence-electron chi connectivity index (χ0n) is 21.8. The number of aliphatic hydroxyl groups is 1. The molecule has 202 valence electrons. The lowest BCUT2D eigenvalue weighted by atomic mass is 9.89. The SMILES string of the molecule is Cc1cccc(CNNC(=O)[C@]2(Cc3ccccc3CN=[N+]=[N-])COC(c3ccc(OCCCO)cc3)=N2)c1. The molecule has 0 aliphatic carbocycles. The van der Waals surface area contributed by atoms with E-state index >= 15 is 0 Å². The lowest BCUT2D eigenvalue weighted by Gasteiger charge is -2.24. The van der Waals surface area contributed by atoms with Gasteiger partial charge in [-0.05, 0) is 53.4 Å². The Kier molecular flexibility index (Phi) is 9.53. The van der Waals surface area contributed by atoms with Gasteiger partial charge < -0.3 is 14.6 Å². The zero-order valence-corrected chi connectivity index (χ0v) is 21.8. The Hall–Kier alpha value is -4.37. The Morgan fingerprint density at radius 3 is 2.69 bits per heavy atom. The van der Waals surface area contributed by atoms with Gasteiger partial charge in [0, 0.05) is 36.5 Å². The van der Waals surface area contributed by atoms with Crippen molar-refractivity contribution in [2.75, 3.05) is 19.8 Å². The van der Waals surface area contributed by atoms with Crippen molar-refractivity contribution < 1.29 is 19.4 Å². The number of amides is 1. The molecule has 0 fully saturated rings. The summed E-state index contributed by atoms with van der Waals surface area (Å²) in [6, 6.07) is 22.8. The number of nitrogens with zero attached hydrogens (tertiary/aromatic N) is 4. The number of aliphatic imine (C=N–C) groups is 1. The summed E-state index contributed by atoms with van der Waals surface area (Å²) in [6.45, 7) is 3.17. The predicted octanol–water partition coefficient (Wildman–Crippen LogP) is 4.15. The summed E-state index contributed by atoms with van der Waals surface area (Å²) in [5.41, 5.74) is 18.0. The first kappa shape index (κ1) is 27.7. The van der Waals surface area contributed by atoms with Gasteiger partial charge in [-0.2, -0.15) is 0 Å². The van der Waals surface area contributed by atoms with Gasteiger partial charge >= 0.3 is 0 Å². The molecule has 1 aliphatic heterocycles. The number of rotatable bonds is 13. The summed E-state index contributed by atoms with van der Waals surface area (Å²) >= 11 is 0. The fourth-order valence-electron chi connectivity index (χ4n) is 4.30. The van der Waals surface area contributed by atoms with Crippen molar-refractivity contribution in [2.45, 2.75) is 38.4 Å². The summed E-state index contributed by atoms with van der Waals surface area (Å²) in [4.78, 5) is 21.3. The minimum absolute atomic E-state index is 0.0465. The monoisotopic (exact) mass is 528 g/mol. The van der Waals surface area contributed by atoms with Crippen LogP contribution in [0.4, 0.5) is 0 Å². The molecule has 0 saturated carbocycles. The molecule has 4 rings (SSSR count). The third kappa shape index (κ3) is 7.36. The van der Waals surface area contributed by atoms with Crippen LogP contribution < -0.4 is 15.6 Å². The molecule has 0 unspecified atom stereocenters. The van der Waals surface area contributed by atoms with E-state index in [4.69, 9.17) is 25.1 Å². The Labute approximate surface area is 227 Å². The molecule has 39 heavy (non-hydrogen) atoms. The Bertz CT molecular complexity index is 1350. The highest BCUT2D eigenvalue weighted by atomic mass is 16.5. The summed E-state index contributed by atoms with van der Waals surface area (Å²) in [5, 5.41) is 12.7. The average molecular weight is 529 g/mol. The van der Waals surface area contributed by atoms with Crippen LogP contribution in [-0.4, -0.2) is 42.3 Å². The van der Waals surface area contributed by atoms with Crippen molar-refractivity contribution >= 4 is 11.8 Å². The minimum atomic E-state index is -1.24. The maximum absolute atomic E-state index is 13.6. The quantitative estimate of drug-likeness (QED) is 0.101. The molecule has 0 spiro atoms. The molecule has 3 aromatic carbocycles. The van der Waals surface area contributed by atoms with Crippen LogP contribution in [0.25, 0.3) is 10.4 Å². The largest absolute Gasteiger partial charge is 0.494 e. The maximum Gasteiger partial charge on any atom is 0.266 e. The molecule has 0 radical (unpaired) electrons. The smallest absolute Gasteiger partial charge is 0.266 e. The fourth-order valence-corrected chi connectivity index (χ4v) is 4.30. The van der Waals surface area contributed by atoms with Crippen molar-refractivity contribution in [2.24, 2.45) is 10.1 Å². The van der Waals surface area contributed by atoms with Crippen molar-refractivity contribution in [1.29, 1.82) is 0 Å². The van der Waals surface area contributed by atoms with Crippen LogP contribution in [0.15, 0.2) is 82.9 Å². The Morgan fingerprint density at radius 2 is 1.95 bits per heavy atom. The zero-order chi connectivity index (χ0) is 27.5. The van der Waals surface area contributed by atoms with Gasteiger partial charge in [-0.15, -0.1) is 0 Å². The minimum Gasteiger partial charge on any atom is -0.494 e. The number of aliphatic hydroxyl groups excluding tert-OH is 1. The fraction of sp³-hybridized carbons (Fsp3) is 0.310. The molecular formula is C29H32N6O4. The van der Waals surface area contributed by atoms with E-state index in [2.05, 4.69) is 20.9 Å². The molecule has 1 heterocycles. The molecule has 1 atom stereocenters. The first-order valence-corrected chi connectivity index (χ1v) is 12.8. The van der Waals surface area contributed by atoms with E-state index in [0.717, 1.165) is 22.3 Å². The standard InChI is InChI=1S/C29H32N6O4/c1-21-6-4-7-22(16-21)18-31-34-28(37)29(17-24-8-2-3-9-25(24)19-32-35-30)20-39-27(33-29)23-10-12-26(13-11-23)38-15-5-14-36/h2-4,6-13,16,31,36H,5,14-15,17-20H2,1H3,(H,34,37)/t29-/m0/s1. The van der Waals surface area contributed by atoms with Gasteiger partial charge in [0.05, 0.1) is 13.2 Å². The van der Waals surface area contributed by atoms with Gasteiger partial charge in [-0.3, -0.25) is 10.2 Å². The highest BCUT2D eigenvalue weighted by Gasteiger charge is 2.45. The van der Waals surface area contributed by atoms with Gasteiger partial charge in [0.2, 0.25) is 5.90 Å². The first-order chi connectivity index (χ1) is 19.0. The topological polar surface area (TPSA) is 141 Å². The number of benzene rings is 3. The molecular weight excluding hydrogens is 496 g/mol. The van der Waals surface area contributed by atoms with Crippen LogP contribution in [0.1, 0.15) is 34.2 Å². The molecule has 0 bridgehead atoms. The van der Waals surface area contributed by atoms with E-state index in [1.807, 2.05) is 67.6 Å². The van der Waals surface area contributed by atoms with Crippen LogP contribution in [0.2, 0.25) is 0 Å². The molecule has 3 aromatic rings. The Balaban J connectivity index is 1.57. The Morgan fingerprint density at radius 1 is 1.15 bits per heavy atom. The average Bonchev–Trinajstić information content (AvgIpc) is 3.38. The number of aryl methyl sites for hydroxylation is 1. The molecule has 10 heteroatoms. The van der Waals surface area contributed by atoms with Crippen LogP contribution in [0, 0.1) is 6.92 Å². The van der Waals surface area contributed by atoms with Gasteiger partial charge in [0.15, 0.2) is 5.54 Å². The number of hydrogen-bond acceptors (Lipinski definition) is 7. The molecule has 1 aliphatic rings. The van der Waals surface area contributed by atoms with Gasteiger partial charge in [-0.25, -0.2) is 10.4 Å². The summed E-state index contributed by atoms with van der Waals surface area (Å²) < 4.78 is 11.6. The molecule has 10 nitrogen and oxygen atoms in total. The van der Waals surface area contributed by atoms with Gasteiger partial charge in [-0.1, -0.05) is 59.2 Å². The van der Waals surface area contributed by atoms with Gasteiger partial charge in [0.1, 0.15) is 12.4 Å². The summed E-state index contributed by atoms with van der Waals surface area (Å²) in [5.74, 6) is 0.702. The second-order valence-electron chi connectivity index (χ2n) is 9.32. The number of ether oxygens (including phenoxy) is 2. The number of nitrogens with one attached hydrogen (secondary N) is 2. The van der Waals surface area contributed by atoms with E-state index in [1.54, 1.807) is 12.1 Å². The summed E-state index contributed by atoms with van der Waals surface area (Å²) in [7, 11) is 0. The molecule has 0 aromatic heterocycles. The van der Waals surface area contributed by atoms with Crippen molar-refractivity contribution in [1.82, 2.24) is 10.9 Å². The van der Waals surface area contributed by atoms with E-state index in [9.17, 15) is 4.79 Å². The van der Waals surface area contributed by atoms with E-state index in [-0.39, 0.29) is 32.1 Å². The van der Waals surface area contributed by atoms with E-state index < -0.39 is 5.54 Å². The number of carbonyl (C=O) groups excluding carboxylic acids is 1. The number of azide groups is 1. The van der Waals surface area contributed by atoms with Crippen molar-refractivity contribution in [3.05, 3.63) is 111 Å². The normalized spacial score (nSPS) is 16.1. The molecule has 1 amide bonds. The van der Waals surface area contributed by atoms with Crippen LogP contribution >= 0.6 is 0 Å². The second kappa shape index (κ2) is 13.4. The van der Waals surface area contributed by atoms with E-state index in [1.165, 1.54) is 0 Å². The lowest BCUT2D eigenvalue weighted by molar-refractivity contribution is -0.127.